The van der Waals surface area contributed by atoms with Crippen LogP contribution in [0.5, 0.6) is 0 Å². The molecular weight excluding hydrogens is 332 g/mol. The minimum absolute atomic E-state index is 0.0694. The Labute approximate surface area is 132 Å². The Morgan fingerprint density at radius 3 is 2.62 bits per heavy atom. The number of benzene rings is 2. The molecule has 0 saturated carbocycles. The molecule has 0 heterocycles. The largest absolute Gasteiger partial charge is 0.327 e. The molecule has 4 nitrogen and oxygen atoms in total. The number of hydrogen-bond donors (Lipinski definition) is 1. The van der Waals surface area contributed by atoms with Gasteiger partial charge in [0.1, 0.15) is 0 Å². The van der Waals surface area contributed by atoms with Gasteiger partial charge in [-0.2, -0.15) is 0 Å². The molecule has 21 heavy (non-hydrogen) atoms. The predicted octanol–water partition coefficient (Wildman–Crippen LogP) is 3.78. The summed E-state index contributed by atoms with van der Waals surface area (Å²) >= 11 is 3.44. The van der Waals surface area contributed by atoms with E-state index in [-0.39, 0.29) is 16.7 Å². The van der Waals surface area contributed by atoms with Crippen molar-refractivity contribution in [1.82, 2.24) is 0 Å². The van der Waals surface area contributed by atoms with Gasteiger partial charge >= 0.3 is 0 Å². The standard InChI is InChI=1S/C16H17BrN2O2/c1-11-13(5-3-7-16(11)19(20)21)10-15(18)9-12-4-2-6-14(17)8-12/h2-8,15H,9-10,18H2,1H3. The average Bonchev–Trinajstić information content (AvgIpc) is 2.40. The summed E-state index contributed by atoms with van der Waals surface area (Å²) < 4.78 is 1.03. The molecule has 2 aromatic rings. The van der Waals surface area contributed by atoms with Crippen LogP contribution in [-0.4, -0.2) is 11.0 Å². The van der Waals surface area contributed by atoms with Gasteiger partial charge in [-0.05, 0) is 43.0 Å². The molecule has 0 aromatic heterocycles. The van der Waals surface area contributed by atoms with E-state index < -0.39 is 0 Å². The van der Waals surface area contributed by atoms with Crippen molar-refractivity contribution >= 4 is 21.6 Å². The normalized spacial score (nSPS) is 12.1. The molecule has 1 atom stereocenters. The molecule has 0 spiro atoms. The Balaban J connectivity index is 2.11. The zero-order valence-electron chi connectivity index (χ0n) is 11.8. The van der Waals surface area contributed by atoms with Gasteiger partial charge in [0.25, 0.3) is 5.69 Å². The van der Waals surface area contributed by atoms with E-state index >= 15 is 0 Å². The Bertz CT molecular complexity index is 658. The lowest BCUT2D eigenvalue weighted by molar-refractivity contribution is -0.385. The summed E-state index contributed by atoms with van der Waals surface area (Å²) in [6, 6.07) is 13.1. The molecule has 0 aliphatic carbocycles. The second kappa shape index (κ2) is 6.83. The molecule has 0 aliphatic rings. The third-order valence-corrected chi connectivity index (χ3v) is 3.98. The van der Waals surface area contributed by atoms with Crippen LogP contribution in [0.4, 0.5) is 5.69 Å². The van der Waals surface area contributed by atoms with Crippen LogP contribution in [0.25, 0.3) is 0 Å². The van der Waals surface area contributed by atoms with Crippen LogP contribution >= 0.6 is 15.9 Å². The second-order valence-electron chi connectivity index (χ2n) is 5.12. The number of nitro groups is 1. The van der Waals surface area contributed by atoms with Crippen molar-refractivity contribution in [2.24, 2.45) is 5.73 Å². The molecule has 5 heteroatoms. The monoisotopic (exact) mass is 348 g/mol. The summed E-state index contributed by atoms with van der Waals surface area (Å²) in [5.41, 5.74) is 9.14. The van der Waals surface area contributed by atoms with E-state index in [4.69, 9.17) is 5.73 Å². The summed E-state index contributed by atoms with van der Waals surface area (Å²) in [6.07, 6.45) is 1.36. The van der Waals surface area contributed by atoms with Gasteiger partial charge in [0, 0.05) is 22.1 Å². The fourth-order valence-corrected chi connectivity index (χ4v) is 2.86. The van der Waals surface area contributed by atoms with E-state index in [9.17, 15) is 10.1 Å². The zero-order valence-corrected chi connectivity index (χ0v) is 13.3. The van der Waals surface area contributed by atoms with E-state index in [1.807, 2.05) is 30.3 Å². The Morgan fingerprint density at radius 2 is 1.95 bits per heavy atom. The summed E-state index contributed by atoms with van der Waals surface area (Å²) in [5.74, 6) is 0. The van der Waals surface area contributed by atoms with Gasteiger partial charge in [-0.3, -0.25) is 10.1 Å². The predicted molar refractivity (Wildman–Crippen MR) is 87.4 cm³/mol. The first-order chi connectivity index (χ1) is 9.97. The first-order valence-electron chi connectivity index (χ1n) is 6.70. The van der Waals surface area contributed by atoms with E-state index in [2.05, 4.69) is 15.9 Å². The topological polar surface area (TPSA) is 69.2 Å². The number of nitrogens with zero attached hydrogens (tertiary/aromatic N) is 1. The minimum Gasteiger partial charge on any atom is -0.327 e. The van der Waals surface area contributed by atoms with Crippen LogP contribution in [0.3, 0.4) is 0 Å². The van der Waals surface area contributed by atoms with Crippen LogP contribution < -0.4 is 5.73 Å². The highest BCUT2D eigenvalue weighted by Gasteiger charge is 2.15. The lowest BCUT2D eigenvalue weighted by atomic mass is 9.96. The molecule has 0 aliphatic heterocycles. The maximum absolute atomic E-state index is 11.0. The van der Waals surface area contributed by atoms with Gasteiger partial charge in [0.05, 0.1) is 4.92 Å². The summed E-state index contributed by atoms with van der Waals surface area (Å²) in [6.45, 7) is 1.78. The van der Waals surface area contributed by atoms with E-state index in [1.165, 1.54) is 6.07 Å². The van der Waals surface area contributed by atoms with Gasteiger partial charge in [0.15, 0.2) is 0 Å². The molecule has 0 radical (unpaired) electrons. The van der Waals surface area contributed by atoms with Gasteiger partial charge in [-0.15, -0.1) is 0 Å². The van der Waals surface area contributed by atoms with Crippen molar-refractivity contribution in [1.29, 1.82) is 0 Å². The van der Waals surface area contributed by atoms with E-state index in [0.717, 1.165) is 22.0 Å². The number of rotatable bonds is 5. The smallest absolute Gasteiger partial charge is 0.272 e. The maximum atomic E-state index is 11.0. The number of hydrogen-bond acceptors (Lipinski definition) is 3. The average molecular weight is 349 g/mol. The summed E-state index contributed by atoms with van der Waals surface area (Å²) in [5, 5.41) is 11.0. The highest BCUT2D eigenvalue weighted by Crippen LogP contribution is 2.22. The van der Waals surface area contributed by atoms with Gasteiger partial charge in [0.2, 0.25) is 0 Å². The van der Waals surface area contributed by atoms with Crippen LogP contribution in [0.2, 0.25) is 0 Å². The van der Waals surface area contributed by atoms with Crippen molar-refractivity contribution in [2.75, 3.05) is 0 Å². The minimum atomic E-state index is -0.349. The third-order valence-electron chi connectivity index (χ3n) is 3.48. The SMILES string of the molecule is Cc1c(CC(N)Cc2cccc(Br)c2)cccc1[N+](=O)[O-]. The Hall–Kier alpha value is -1.72. The van der Waals surface area contributed by atoms with E-state index in [0.29, 0.717) is 12.0 Å². The first kappa shape index (κ1) is 15.7. The number of halogens is 1. The molecule has 1 unspecified atom stereocenters. The Kier molecular flexibility index (Phi) is 5.09. The highest BCUT2D eigenvalue weighted by molar-refractivity contribution is 9.10. The lowest BCUT2D eigenvalue weighted by Crippen LogP contribution is -2.26. The van der Waals surface area contributed by atoms with Crippen molar-refractivity contribution in [3.8, 4) is 0 Å². The van der Waals surface area contributed by atoms with Gasteiger partial charge in [-0.25, -0.2) is 0 Å². The quantitative estimate of drug-likeness (QED) is 0.660. The highest BCUT2D eigenvalue weighted by atomic mass is 79.9. The number of nitrogens with two attached hydrogens (primary N) is 1. The van der Waals surface area contributed by atoms with Crippen molar-refractivity contribution in [2.45, 2.75) is 25.8 Å². The van der Waals surface area contributed by atoms with Gasteiger partial charge < -0.3 is 5.73 Å². The van der Waals surface area contributed by atoms with Crippen LogP contribution in [0.15, 0.2) is 46.9 Å². The molecule has 0 bridgehead atoms. The van der Waals surface area contributed by atoms with Crippen molar-refractivity contribution in [3.63, 3.8) is 0 Å². The molecular formula is C16H17BrN2O2. The lowest BCUT2D eigenvalue weighted by Gasteiger charge is -2.14. The molecule has 0 saturated heterocycles. The molecule has 2 rings (SSSR count). The molecule has 0 fully saturated rings. The van der Waals surface area contributed by atoms with Crippen molar-refractivity contribution in [3.05, 3.63) is 73.7 Å². The van der Waals surface area contributed by atoms with E-state index in [1.54, 1.807) is 13.0 Å². The first-order valence-corrected chi connectivity index (χ1v) is 7.49. The van der Waals surface area contributed by atoms with Gasteiger partial charge in [-0.1, -0.05) is 40.2 Å². The van der Waals surface area contributed by atoms with Crippen LogP contribution in [-0.2, 0) is 12.8 Å². The fraction of sp³-hybridized carbons (Fsp3) is 0.250. The third kappa shape index (κ3) is 4.12. The molecule has 2 N–H and O–H groups in total. The molecule has 2 aromatic carbocycles. The molecule has 0 amide bonds. The summed E-state index contributed by atoms with van der Waals surface area (Å²) in [4.78, 5) is 10.6. The van der Waals surface area contributed by atoms with Crippen LogP contribution in [0, 0.1) is 17.0 Å². The zero-order chi connectivity index (χ0) is 15.4. The van der Waals surface area contributed by atoms with Crippen molar-refractivity contribution < 1.29 is 4.92 Å². The van der Waals surface area contributed by atoms with Crippen LogP contribution in [0.1, 0.15) is 16.7 Å². The molecule has 110 valence electrons. The summed E-state index contributed by atoms with van der Waals surface area (Å²) in [7, 11) is 0. The maximum Gasteiger partial charge on any atom is 0.272 e. The Morgan fingerprint density at radius 1 is 1.24 bits per heavy atom. The number of nitro benzene ring substituents is 1. The fourth-order valence-electron chi connectivity index (χ4n) is 2.41. The second-order valence-corrected chi connectivity index (χ2v) is 6.03.